The molecule has 1 atom stereocenters. The zero-order valence-electron chi connectivity index (χ0n) is 16.4. The van der Waals surface area contributed by atoms with Gasteiger partial charge in [-0.15, -0.1) is 0 Å². The number of carbonyl (C=O) groups excluding carboxylic acids is 2. The van der Waals surface area contributed by atoms with Crippen molar-refractivity contribution >= 4 is 17.5 Å². The van der Waals surface area contributed by atoms with E-state index in [1.807, 2.05) is 32.0 Å². The molecule has 6 heteroatoms. The van der Waals surface area contributed by atoms with Crippen LogP contribution in [0.1, 0.15) is 24.5 Å². The van der Waals surface area contributed by atoms with Crippen LogP contribution in [0.3, 0.4) is 0 Å². The van der Waals surface area contributed by atoms with E-state index >= 15 is 0 Å². The monoisotopic (exact) mass is 384 g/mol. The summed E-state index contributed by atoms with van der Waals surface area (Å²) in [7, 11) is 1.56. The third kappa shape index (κ3) is 4.16. The zero-order valence-corrected chi connectivity index (χ0v) is 16.4. The Hall–Kier alpha value is -2.89. The van der Waals surface area contributed by atoms with E-state index in [-0.39, 0.29) is 24.1 Å². The van der Waals surface area contributed by atoms with Crippen molar-refractivity contribution in [2.45, 2.75) is 26.8 Å². The largest absolute Gasteiger partial charge is 0.495 e. The Bertz CT molecular complexity index is 884. The number of anilines is 1. The number of amides is 2. The van der Waals surface area contributed by atoms with E-state index < -0.39 is 5.92 Å². The number of nitrogens with zero attached hydrogens (tertiary/aromatic N) is 2. The van der Waals surface area contributed by atoms with Crippen molar-refractivity contribution in [3.05, 3.63) is 59.4 Å². The highest BCUT2D eigenvalue weighted by molar-refractivity contribution is 6.01. The number of methoxy groups -OCH3 is 1. The second-order valence-electron chi connectivity index (χ2n) is 7.06. The van der Waals surface area contributed by atoms with Crippen molar-refractivity contribution in [2.24, 2.45) is 5.92 Å². The first-order valence-electron chi connectivity index (χ1n) is 9.41. The lowest BCUT2D eigenvalue weighted by Crippen LogP contribution is -2.37. The Morgan fingerprint density at radius 2 is 2.07 bits per heavy atom. The maximum atomic E-state index is 13.5. The Morgan fingerprint density at radius 3 is 2.75 bits per heavy atom. The molecule has 1 unspecified atom stereocenters. The number of rotatable bonds is 6. The number of hydrogen-bond acceptors (Lipinski definition) is 3. The quantitative estimate of drug-likeness (QED) is 0.765. The topological polar surface area (TPSA) is 49.9 Å². The van der Waals surface area contributed by atoms with Crippen LogP contribution in [0.15, 0.2) is 42.5 Å². The van der Waals surface area contributed by atoms with E-state index in [2.05, 4.69) is 0 Å². The van der Waals surface area contributed by atoms with Crippen LogP contribution in [0, 0.1) is 18.7 Å². The van der Waals surface area contributed by atoms with Gasteiger partial charge in [-0.25, -0.2) is 4.39 Å². The molecule has 3 rings (SSSR count). The molecule has 1 aliphatic rings. The molecule has 0 radical (unpaired) electrons. The van der Waals surface area contributed by atoms with Crippen LogP contribution < -0.4 is 9.64 Å². The van der Waals surface area contributed by atoms with Gasteiger partial charge in [-0.05, 0) is 49.2 Å². The van der Waals surface area contributed by atoms with Crippen LogP contribution in [0.25, 0.3) is 0 Å². The molecule has 0 aliphatic carbocycles. The van der Waals surface area contributed by atoms with Crippen molar-refractivity contribution < 1.29 is 18.7 Å². The van der Waals surface area contributed by atoms with E-state index in [9.17, 15) is 14.0 Å². The van der Waals surface area contributed by atoms with Crippen molar-refractivity contribution in [3.63, 3.8) is 0 Å². The van der Waals surface area contributed by atoms with Crippen LogP contribution in [0.2, 0.25) is 0 Å². The van der Waals surface area contributed by atoms with E-state index in [1.54, 1.807) is 29.0 Å². The standard InChI is InChI=1S/C22H25FN2O3/c1-4-24(13-16-6-5-7-18(23)11-16)22(27)17-12-21(26)25(14-17)19-10-15(2)8-9-20(19)28-3/h5-11,17H,4,12-14H2,1-3H3. The zero-order chi connectivity index (χ0) is 20.3. The van der Waals surface area contributed by atoms with Crippen molar-refractivity contribution in [3.8, 4) is 5.75 Å². The summed E-state index contributed by atoms with van der Waals surface area (Å²) in [6, 6.07) is 11.9. The van der Waals surface area contributed by atoms with Crippen LogP contribution in [-0.4, -0.2) is 36.9 Å². The minimum absolute atomic E-state index is 0.0887. The summed E-state index contributed by atoms with van der Waals surface area (Å²) in [6.07, 6.45) is 0.162. The van der Waals surface area contributed by atoms with E-state index in [4.69, 9.17) is 4.74 Å². The first kappa shape index (κ1) is 19.9. The average molecular weight is 384 g/mol. The smallest absolute Gasteiger partial charge is 0.228 e. The molecule has 1 saturated heterocycles. The predicted octanol–water partition coefficient (Wildman–Crippen LogP) is 3.54. The van der Waals surface area contributed by atoms with Gasteiger partial charge in [0.2, 0.25) is 11.8 Å². The first-order chi connectivity index (χ1) is 13.4. The normalized spacial score (nSPS) is 16.4. The fourth-order valence-electron chi connectivity index (χ4n) is 3.58. The molecule has 0 aromatic heterocycles. The number of ether oxygens (including phenoxy) is 1. The second kappa shape index (κ2) is 8.42. The molecule has 148 valence electrons. The highest BCUT2D eigenvalue weighted by atomic mass is 19.1. The molecule has 1 heterocycles. The molecule has 0 N–H and O–H groups in total. The van der Waals surface area contributed by atoms with Crippen LogP contribution in [-0.2, 0) is 16.1 Å². The molecule has 0 saturated carbocycles. The molecule has 2 aromatic carbocycles. The molecule has 1 aliphatic heterocycles. The SMILES string of the molecule is CCN(Cc1cccc(F)c1)C(=O)C1CC(=O)N(c2cc(C)ccc2OC)C1. The van der Waals surface area contributed by atoms with Gasteiger partial charge in [0.25, 0.3) is 0 Å². The third-order valence-electron chi connectivity index (χ3n) is 5.06. The van der Waals surface area contributed by atoms with Crippen LogP contribution in [0.5, 0.6) is 5.75 Å². The van der Waals surface area contributed by atoms with E-state index in [0.29, 0.717) is 31.1 Å². The van der Waals surface area contributed by atoms with Crippen molar-refractivity contribution in [1.82, 2.24) is 4.90 Å². The van der Waals surface area contributed by atoms with Crippen molar-refractivity contribution in [2.75, 3.05) is 25.1 Å². The number of carbonyl (C=O) groups is 2. The summed E-state index contributed by atoms with van der Waals surface area (Å²) >= 11 is 0. The summed E-state index contributed by atoms with van der Waals surface area (Å²) in [6.45, 7) is 4.97. The molecular formula is C22H25FN2O3. The Morgan fingerprint density at radius 1 is 1.29 bits per heavy atom. The fourth-order valence-corrected chi connectivity index (χ4v) is 3.58. The molecule has 0 bridgehead atoms. The summed E-state index contributed by atoms with van der Waals surface area (Å²) in [5, 5.41) is 0. The molecule has 2 aromatic rings. The highest BCUT2D eigenvalue weighted by Gasteiger charge is 2.38. The molecule has 2 amide bonds. The average Bonchev–Trinajstić information content (AvgIpc) is 3.07. The van der Waals surface area contributed by atoms with Crippen molar-refractivity contribution in [1.29, 1.82) is 0 Å². The second-order valence-corrected chi connectivity index (χ2v) is 7.06. The van der Waals surface area contributed by atoms with Gasteiger partial charge in [-0.3, -0.25) is 9.59 Å². The summed E-state index contributed by atoms with van der Waals surface area (Å²) < 4.78 is 18.8. The van der Waals surface area contributed by atoms with Gasteiger partial charge < -0.3 is 14.5 Å². The Balaban J connectivity index is 1.76. The highest BCUT2D eigenvalue weighted by Crippen LogP contribution is 2.34. The summed E-state index contributed by atoms with van der Waals surface area (Å²) in [5.74, 6) is -0.321. The van der Waals surface area contributed by atoms with Gasteiger partial charge in [0, 0.05) is 26.1 Å². The number of hydrogen-bond donors (Lipinski definition) is 0. The van der Waals surface area contributed by atoms with Gasteiger partial charge in [0.1, 0.15) is 11.6 Å². The van der Waals surface area contributed by atoms with Gasteiger partial charge in [0.15, 0.2) is 0 Å². The fraction of sp³-hybridized carbons (Fsp3) is 0.364. The van der Waals surface area contributed by atoms with E-state index in [0.717, 1.165) is 11.1 Å². The lowest BCUT2D eigenvalue weighted by molar-refractivity contribution is -0.136. The van der Waals surface area contributed by atoms with E-state index in [1.165, 1.54) is 12.1 Å². The first-order valence-corrected chi connectivity index (χ1v) is 9.41. The molecule has 28 heavy (non-hydrogen) atoms. The van der Waals surface area contributed by atoms with Crippen LogP contribution in [0.4, 0.5) is 10.1 Å². The Labute approximate surface area is 164 Å². The predicted molar refractivity (Wildman–Crippen MR) is 106 cm³/mol. The molecular weight excluding hydrogens is 359 g/mol. The minimum Gasteiger partial charge on any atom is -0.495 e. The number of benzene rings is 2. The Kier molecular flexibility index (Phi) is 5.97. The lowest BCUT2D eigenvalue weighted by atomic mass is 10.1. The summed E-state index contributed by atoms with van der Waals surface area (Å²) in [5.41, 5.74) is 2.44. The van der Waals surface area contributed by atoms with Gasteiger partial charge >= 0.3 is 0 Å². The van der Waals surface area contributed by atoms with Gasteiger partial charge in [-0.1, -0.05) is 18.2 Å². The third-order valence-corrected chi connectivity index (χ3v) is 5.06. The number of halogens is 1. The lowest BCUT2D eigenvalue weighted by Gasteiger charge is -2.25. The van der Waals surface area contributed by atoms with Gasteiger partial charge in [0.05, 0.1) is 18.7 Å². The molecule has 1 fully saturated rings. The number of aryl methyl sites for hydroxylation is 1. The summed E-state index contributed by atoms with van der Waals surface area (Å²) in [4.78, 5) is 29.0. The minimum atomic E-state index is -0.425. The maximum Gasteiger partial charge on any atom is 0.228 e. The molecule has 0 spiro atoms. The molecule has 5 nitrogen and oxygen atoms in total. The maximum absolute atomic E-state index is 13.5. The van der Waals surface area contributed by atoms with Crippen LogP contribution >= 0.6 is 0 Å². The van der Waals surface area contributed by atoms with Gasteiger partial charge in [-0.2, -0.15) is 0 Å².